The molecule has 0 atom stereocenters. The van der Waals surface area contributed by atoms with Gasteiger partial charge in [0.25, 0.3) is 17.1 Å². The average Bonchev–Trinajstić information content (AvgIpc) is 3.29. The van der Waals surface area contributed by atoms with Crippen LogP contribution in [0.4, 0.5) is 5.82 Å². The number of aryl methyl sites for hydroxylation is 1. The Balaban J connectivity index is 1.72. The zero-order valence-electron chi connectivity index (χ0n) is 18.1. The SMILES string of the molecule is Cc1cccn2c(=O)c3cc(C(=O)NC4CCCCC4)c(N)[n+](C4CCCC4)c3nc12. The summed E-state index contributed by atoms with van der Waals surface area (Å²) < 4.78 is 3.53. The van der Waals surface area contributed by atoms with Gasteiger partial charge in [-0.15, -0.1) is 0 Å². The molecule has 1 amide bonds. The Labute approximate surface area is 181 Å². The Morgan fingerprint density at radius 2 is 1.87 bits per heavy atom. The van der Waals surface area contributed by atoms with Gasteiger partial charge in [-0.2, -0.15) is 0 Å². The number of nitrogens with zero attached hydrogens (tertiary/aromatic N) is 3. The molecule has 5 rings (SSSR count). The maximum atomic E-state index is 13.4. The average molecular weight is 421 g/mol. The van der Waals surface area contributed by atoms with E-state index in [-0.39, 0.29) is 23.6 Å². The molecular weight excluding hydrogens is 390 g/mol. The van der Waals surface area contributed by atoms with Gasteiger partial charge in [0.1, 0.15) is 10.9 Å². The second kappa shape index (κ2) is 7.94. The highest BCUT2D eigenvalue weighted by Crippen LogP contribution is 2.28. The summed E-state index contributed by atoms with van der Waals surface area (Å²) >= 11 is 0. The van der Waals surface area contributed by atoms with E-state index in [9.17, 15) is 9.59 Å². The van der Waals surface area contributed by atoms with Gasteiger partial charge in [-0.05, 0) is 57.6 Å². The first-order valence-electron chi connectivity index (χ1n) is 11.5. The third-order valence-electron chi connectivity index (χ3n) is 6.99. The molecule has 2 aliphatic rings. The molecule has 3 N–H and O–H groups in total. The van der Waals surface area contributed by atoms with E-state index in [1.165, 1.54) is 6.42 Å². The third-order valence-corrected chi connectivity index (χ3v) is 6.99. The van der Waals surface area contributed by atoms with Gasteiger partial charge in [-0.25, -0.2) is 4.57 Å². The molecule has 3 aromatic heterocycles. The van der Waals surface area contributed by atoms with E-state index < -0.39 is 0 Å². The number of aromatic nitrogens is 3. The molecule has 2 fully saturated rings. The van der Waals surface area contributed by atoms with Gasteiger partial charge in [0.05, 0.1) is 6.04 Å². The number of rotatable bonds is 3. The van der Waals surface area contributed by atoms with E-state index in [1.54, 1.807) is 16.7 Å². The molecule has 0 aromatic carbocycles. The Kier molecular flexibility index (Phi) is 5.12. The molecule has 0 aliphatic heterocycles. The lowest BCUT2D eigenvalue weighted by molar-refractivity contribution is -0.685. The van der Waals surface area contributed by atoms with Crippen molar-refractivity contribution < 1.29 is 9.36 Å². The molecule has 0 unspecified atom stereocenters. The first-order chi connectivity index (χ1) is 15.0. The maximum Gasteiger partial charge on any atom is 0.278 e. The van der Waals surface area contributed by atoms with Gasteiger partial charge in [0.15, 0.2) is 0 Å². The number of nitrogens with two attached hydrogens (primary N) is 1. The number of fused-ring (bicyclic) bond motifs is 2. The number of anilines is 1. The van der Waals surface area contributed by atoms with Crippen LogP contribution in [0.1, 0.15) is 79.8 Å². The second-order valence-electron chi connectivity index (χ2n) is 9.10. The predicted molar refractivity (Wildman–Crippen MR) is 120 cm³/mol. The molecule has 31 heavy (non-hydrogen) atoms. The largest absolute Gasteiger partial charge is 0.349 e. The van der Waals surface area contributed by atoms with Gasteiger partial charge < -0.3 is 11.1 Å². The van der Waals surface area contributed by atoms with Crippen molar-refractivity contribution in [3.8, 4) is 0 Å². The number of hydrogen-bond donors (Lipinski definition) is 2. The lowest BCUT2D eigenvalue weighted by Crippen LogP contribution is -2.46. The summed E-state index contributed by atoms with van der Waals surface area (Å²) in [7, 11) is 0. The van der Waals surface area contributed by atoms with Crippen molar-refractivity contribution >= 4 is 28.4 Å². The first kappa shape index (κ1) is 20.0. The van der Waals surface area contributed by atoms with E-state index in [1.807, 2.05) is 23.6 Å². The predicted octanol–water partition coefficient (Wildman–Crippen LogP) is 3.20. The van der Waals surface area contributed by atoms with Crippen LogP contribution in [0, 0.1) is 6.92 Å². The minimum atomic E-state index is -0.188. The van der Waals surface area contributed by atoms with Gasteiger partial charge in [-0.3, -0.25) is 14.0 Å². The van der Waals surface area contributed by atoms with Crippen LogP contribution in [0.2, 0.25) is 0 Å². The molecule has 162 valence electrons. The highest BCUT2D eigenvalue weighted by molar-refractivity contribution is 6.00. The molecule has 2 aliphatic carbocycles. The van der Waals surface area contributed by atoms with Crippen molar-refractivity contribution in [2.75, 3.05) is 5.73 Å². The van der Waals surface area contributed by atoms with Gasteiger partial charge >= 0.3 is 0 Å². The number of carbonyl (C=O) groups is 1. The van der Waals surface area contributed by atoms with Crippen LogP contribution in [-0.2, 0) is 0 Å². The Hall–Kier alpha value is -2.96. The number of carbonyl (C=O) groups excluding carboxylic acids is 1. The highest BCUT2D eigenvalue weighted by atomic mass is 16.2. The molecule has 7 nitrogen and oxygen atoms in total. The molecule has 0 saturated heterocycles. The summed E-state index contributed by atoms with van der Waals surface area (Å²) in [5, 5.41) is 3.61. The van der Waals surface area contributed by atoms with E-state index in [0.717, 1.165) is 56.9 Å². The van der Waals surface area contributed by atoms with Crippen molar-refractivity contribution in [2.45, 2.75) is 76.8 Å². The van der Waals surface area contributed by atoms with E-state index >= 15 is 0 Å². The molecule has 0 bridgehead atoms. The quantitative estimate of drug-likeness (QED) is 0.503. The molecule has 3 aromatic rings. The smallest absolute Gasteiger partial charge is 0.278 e. The third kappa shape index (κ3) is 3.46. The fourth-order valence-corrected chi connectivity index (χ4v) is 5.30. The van der Waals surface area contributed by atoms with Gasteiger partial charge in [0, 0.05) is 17.8 Å². The van der Waals surface area contributed by atoms with Crippen molar-refractivity contribution in [3.05, 3.63) is 45.9 Å². The molecule has 7 heteroatoms. The zero-order valence-corrected chi connectivity index (χ0v) is 18.1. The number of amides is 1. The molecule has 0 spiro atoms. The van der Waals surface area contributed by atoms with E-state index in [4.69, 9.17) is 10.7 Å². The lowest BCUT2D eigenvalue weighted by atomic mass is 9.95. The van der Waals surface area contributed by atoms with E-state index in [0.29, 0.717) is 28.1 Å². The standard InChI is InChI=1S/C24H29N5O2/c1-15-8-7-13-28-21(15)27-22-19(24(28)31)14-18(20(25)29(22)17-11-5-6-12-17)23(30)26-16-9-3-2-4-10-16/h7-8,13-14,16-17,25H,2-6,9-12H2,1H3,(H,26,30)/p+1. The molecule has 0 radical (unpaired) electrons. The van der Waals surface area contributed by atoms with Gasteiger partial charge in [-0.1, -0.05) is 30.3 Å². The van der Waals surface area contributed by atoms with Crippen LogP contribution in [0.25, 0.3) is 16.7 Å². The van der Waals surface area contributed by atoms with Crippen LogP contribution >= 0.6 is 0 Å². The van der Waals surface area contributed by atoms with Crippen LogP contribution < -0.4 is 21.2 Å². The fraction of sp³-hybridized carbons (Fsp3) is 0.500. The Morgan fingerprint density at radius 1 is 1.16 bits per heavy atom. The summed E-state index contributed by atoms with van der Waals surface area (Å²) in [6.45, 7) is 1.95. The van der Waals surface area contributed by atoms with Crippen LogP contribution in [-0.4, -0.2) is 21.3 Å². The van der Waals surface area contributed by atoms with Crippen molar-refractivity contribution in [1.82, 2.24) is 14.7 Å². The number of nitrogens with one attached hydrogen (secondary N) is 1. The maximum absolute atomic E-state index is 13.4. The number of pyridine rings is 2. The molecule has 2 saturated carbocycles. The summed E-state index contributed by atoms with van der Waals surface area (Å²) in [5.74, 6) is 0.226. The van der Waals surface area contributed by atoms with Gasteiger partial charge in [0.2, 0.25) is 11.5 Å². The molecular formula is C24H30N5O2+. The topological polar surface area (TPSA) is 93.4 Å². The number of nitrogen functional groups attached to an aromatic ring is 1. The first-order valence-corrected chi connectivity index (χ1v) is 11.5. The minimum Gasteiger partial charge on any atom is -0.349 e. The summed E-state index contributed by atoms with van der Waals surface area (Å²) in [6.07, 6.45) is 11.4. The minimum absolute atomic E-state index is 0.156. The number of hydrogen-bond acceptors (Lipinski definition) is 4. The van der Waals surface area contributed by atoms with Crippen LogP contribution in [0.3, 0.4) is 0 Å². The summed E-state index contributed by atoms with van der Waals surface area (Å²) in [5.41, 5.74) is 8.98. The van der Waals surface area contributed by atoms with Crippen molar-refractivity contribution in [1.29, 1.82) is 0 Å². The normalized spacial score (nSPS) is 18.1. The van der Waals surface area contributed by atoms with Crippen LogP contribution in [0.5, 0.6) is 0 Å². The Bertz CT molecular complexity index is 1220. The lowest BCUT2D eigenvalue weighted by Gasteiger charge is -2.23. The van der Waals surface area contributed by atoms with Crippen molar-refractivity contribution in [2.24, 2.45) is 0 Å². The summed E-state index contributed by atoms with van der Waals surface area (Å²) in [4.78, 5) is 31.5. The summed E-state index contributed by atoms with van der Waals surface area (Å²) in [6, 6.07) is 5.77. The monoisotopic (exact) mass is 420 g/mol. The second-order valence-corrected chi connectivity index (χ2v) is 9.10. The zero-order chi connectivity index (χ0) is 21.5. The Morgan fingerprint density at radius 3 is 2.61 bits per heavy atom. The van der Waals surface area contributed by atoms with Crippen LogP contribution in [0.15, 0.2) is 29.2 Å². The molecule has 3 heterocycles. The van der Waals surface area contributed by atoms with Crippen molar-refractivity contribution in [3.63, 3.8) is 0 Å². The fourth-order valence-electron chi connectivity index (χ4n) is 5.30. The van der Waals surface area contributed by atoms with E-state index in [2.05, 4.69) is 5.32 Å². The highest BCUT2D eigenvalue weighted by Gasteiger charge is 2.31.